The predicted octanol–water partition coefficient (Wildman–Crippen LogP) is 3.92. The number of carbonyl (C=O) groups excluding carboxylic acids is 2. The second kappa shape index (κ2) is 9.56. The third-order valence-corrected chi connectivity index (χ3v) is 5.41. The van der Waals surface area contributed by atoms with Crippen LogP contribution in [-0.4, -0.2) is 44.3 Å². The first-order valence-corrected chi connectivity index (χ1v) is 10.6. The molecule has 0 saturated carbocycles. The molecule has 3 aromatic rings. The molecule has 168 valence electrons. The number of ether oxygens (including phenoxy) is 2. The van der Waals surface area contributed by atoms with Crippen LogP contribution in [0.4, 0.5) is 11.4 Å². The van der Waals surface area contributed by atoms with Gasteiger partial charge in [-0.25, -0.2) is 0 Å². The van der Waals surface area contributed by atoms with Crippen molar-refractivity contribution in [2.24, 2.45) is 4.99 Å². The Morgan fingerprint density at radius 2 is 1.67 bits per heavy atom. The summed E-state index contributed by atoms with van der Waals surface area (Å²) in [6.07, 6.45) is 0. The minimum atomic E-state index is -0.638. The molecule has 7 nitrogen and oxygen atoms in total. The average Bonchev–Trinajstić information content (AvgIpc) is 2.95. The first-order valence-electron chi connectivity index (χ1n) is 10.6. The van der Waals surface area contributed by atoms with Crippen LogP contribution in [0.15, 0.2) is 77.8 Å². The van der Waals surface area contributed by atoms with Crippen molar-refractivity contribution in [3.8, 4) is 11.5 Å². The highest BCUT2D eigenvalue weighted by atomic mass is 16.5. The van der Waals surface area contributed by atoms with Gasteiger partial charge in [0.25, 0.3) is 5.91 Å². The molecule has 0 fully saturated rings. The number of nitrogens with one attached hydrogen (secondary N) is 1. The Morgan fingerprint density at radius 3 is 2.39 bits per heavy atom. The minimum Gasteiger partial charge on any atom is -0.493 e. The molecule has 1 aliphatic rings. The summed E-state index contributed by atoms with van der Waals surface area (Å²) in [6.45, 7) is 1.60. The second-order valence-corrected chi connectivity index (χ2v) is 7.58. The molecule has 1 heterocycles. The standard InChI is InChI=1S/C26H25N3O4/c1-17-26(31)29(16-24(30)28-19-13-14-22(32-2)23(15-19)33-3)21-12-8-7-11-20(21)25(27-17)18-9-5-4-6-10-18/h4-15,17H,16H2,1-3H3,(H,28,30). The quantitative estimate of drug-likeness (QED) is 0.626. The number of amides is 2. The fourth-order valence-electron chi connectivity index (χ4n) is 3.82. The molecule has 0 bridgehead atoms. The maximum Gasteiger partial charge on any atom is 0.252 e. The SMILES string of the molecule is COc1ccc(NC(=O)CN2C(=O)C(C)N=C(c3ccccc3)c3ccccc32)cc1OC. The lowest BCUT2D eigenvalue weighted by molar-refractivity contribution is -0.122. The number of anilines is 2. The van der Waals surface area contributed by atoms with Crippen LogP contribution in [0, 0.1) is 0 Å². The molecular formula is C26H25N3O4. The fraction of sp³-hybridized carbons (Fsp3) is 0.192. The van der Waals surface area contributed by atoms with Crippen molar-refractivity contribution >= 4 is 28.9 Å². The zero-order valence-corrected chi connectivity index (χ0v) is 18.7. The summed E-state index contributed by atoms with van der Waals surface area (Å²) in [6, 6.07) is 21.7. The van der Waals surface area contributed by atoms with Gasteiger partial charge >= 0.3 is 0 Å². The van der Waals surface area contributed by atoms with Gasteiger partial charge in [-0.3, -0.25) is 14.6 Å². The minimum absolute atomic E-state index is 0.147. The average molecular weight is 444 g/mol. The van der Waals surface area contributed by atoms with E-state index in [0.717, 1.165) is 16.8 Å². The molecule has 3 aromatic carbocycles. The third kappa shape index (κ3) is 4.57. The summed E-state index contributed by atoms with van der Waals surface area (Å²) in [5.74, 6) is 0.490. The number of methoxy groups -OCH3 is 2. The lowest BCUT2D eigenvalue weighted by atomic mass is 10.0. The van der Waals surface area contributed by atoms with E-state index in [1.807, 2.05) is 54.6 Å². The Kier molecular flexibility index (Phi) is 6.40. The topological polar surface area (TPSA) is 80.2 Å². The van der Waals surface area contributed by atoms with E-state index in [-0.39, 0.29) is 18.4 Å². The molecule has 0 saturated heterocycles. The van der Waals surface area contributed by atoms with E-state index in [9.17, 15) is 9.59 Å². The number of hydrogen-bond acceptors (Lipinski definition) is 5. The molecule has 1 unspecified atom stereocenters. The number of fused-ring (bicyclic) bond motifs is 1. The van der Waals surface area contributed by atoms with Crippen molar-refractivity contribution in [3.05, 3.63) is 83.9 Å². The van der Waals surface area contributed by atoms with Gasteiger partial charge in [-0.2, -0.15) is 0 Å². The molecule has 2 amide bonds. The van der Waals surface area contributed by atoms with E-state index in [1.165, 1.54) is 12.0 Å². The van der Waals surface area contributed by atoms with Crippen molar-refractivity contribution in [3.63, 3.8) is 0 Å². The molecule has 4 rings (SSSR count). The van der Waals surface area contributed by atoms with Crippen LogP contribution in [0.2, 0.25) is 0 Å². The number of nitrogens with zero attached hydrogens (tertiary/aromatic N) is 2. The van der Waals surface area contributed by atoms with Crippen LogP contribution in [-0.2, 0) is 9.59 Å². The number of carbonyl (C=O) groups is 2. The fourth-order valence-corrected chi connectivity index (χ4v) is 3.82. The van der Waals surface area contributed by atoms with Gasteiger partial charge in [0.05, 0.1) is 25.6 Å². The van der Waals surface area contributed by atoms with Gasteiger partial charge in [-0.15, -0.1) is 0 Å². The van der Waals surface area contributed by atoms with Gasteiger partial charge in [0.15, 0.2) is 11.5 Å². The van der Waals surface area contributed by atoms with Crippen LogP contribution in [0.25, 0.3) is 0 Å². The third-order valence-electron chi connectivity index (χ3n) is 5.41. The molecular weight excluding hydrogens is 418 g/mol. The van der Waals surface area contributed by atoms with Crippen molar-refractivity contribution in [1.29, 1.82) is 0 Å². The van der Waals surface area contributed by atoms with Crippen LogP contribution >= 0.6 is 0 Å². The van der Waals surface area contributed by atoms with Gasteiger partial charge in [0.1, 0.15) is 12.6 Å². The largest absolute Gasteiger partial charge is 0.493 e. The van der Waals surface area contributed by atoms with Crippen molar-refractivity contribution in [2.45, 2.75) is 13.0 Å². The molecule has 1 N–H and O–H groups in total. The number of benzene rings is 3. The normalized spacial score (nSPS) is 15.2. The summed E-state index contributed by atoms with van der Waals surface area (Å²) in [5, 5.41) is 2.84. The summed E-state index contributed by atoms with van der Waals surface area (Å²) in [7, 11) is 3.08. The first-order chi connectivity index (χ1) is 16.0. The number of hydrogen-bond donors (Lipinski definition) is 1. The molecule has 0 aromatic heterocycles. The molecule has 1 aliphatic heterocycles. The van der Waals surface area contributed by atoms with Crippen LogP contribution in [0.5, 0.6) is 11.5 Å². The number of aliphatic imine (C=N–C) groups is 1. The molecule has 7 heteroatoms. The van der Waals surface area contributed by atoms with Crippen LogP contribution in [0.3, 0.4) is 0 Å². The summed E-state index contributed by atoms with van der Waals surface area (Å²) in [4.78, 5) is 32.4. The Balaban J connectivity index is 1.63. The molecule has 0 spiro atoms. The van der Waals surface area contributed by atoms with E-state index >= 15 is 0 Å². The van der Waals surface area contributed by atoms with Crippen molar-refractivity contribution < 1.29 is 19.1 Å². The van der Waals surface area contributed by atoms with Gasteiger partial charge < -0.3 is 19.7 Å². The zero-order valence-electron chi connectivity index (χ0n) is 18.7. The number of rotatable bonds is 6. The van der Waals surface area contributed by atoms with Crippen molar-refractivity contribution in [1.82, 2.24) is 0 Å². The van der Waals surface area contributed by atoms with Crippen LogP contribution < -0.4 is 19.7 Å². The van der Waals surface area contributed by atoms with E-state index in [0.29, 0.717) is 22.9 Å². The van der Waals surface area contributed by atoms with Gasteiger partial charge in [0, 0.05) is 22.9 Å². The predicted molar refractivity (Wildman–Crippen MR) is 129 cm³/mol. The number of para-hydroxylation sites is 1. The van der Waals surface area contributed by atoms with Gasteiger partial charge in [0.2, 0.25) is 5.91 Å². The Hall–Kier alpha value is -4.13. The van der Waals surface area contributed by atoms with E-state index in [1.54, 1.807) is 32.2 Å². The van der Waals surface area contributed by atoms with Crippen molar-refractivity contribution in [2.75, 3.05) is 31.0 Å². The van der Waals surface area contributed by atoms with E-state index < -0.39 is 6.04 Å². The number of benzodiazepines with no additional fused rings is 1. The lowest BCUT2D eigenvalue weighted by Gasteiger charge is -2.24. The van der Waals surface area contributed by atoms with Crippen LogP contribution in [0.1, 0.15) is 18.1 Å². The summed E-state index contributed by atoms with van der Waals surface area (Å²) < 4.78 is 10.5. The lowest BCUT2D eigenvalue weighted by Crippen LogP contribution is -2.42. The Morgan fingerprint density at radius 1 is 0.970 bits per heavy atom. The highest BCUT2D eigenvalue weighted by molar-refractivity contribution is 6.20. The maximum absolute atomic E-state index is 13.3. The highest BCUT2D eigenvalue weighted by Crippen LogP contribution is 2.31. The molecule has 0 radical (unpaired) electrons. The zero-order chi connectivity index (χ0) is 23.4. The maximum atomic E-state index is 13.3. The Bertz CT molecular complexity index is 1210. The second-order valence-electron chi connectivity index (χ2n) is 7.58. The first kappa shape index (κ1) is 22.1. The van der Waals surface area contributed by atoms with Gasteiger partial charge in [-0.1, -0.05) is 48.5 Å². The Labute approximate surface area is 192 Å². The molecule has 0 aliphatic carbocycles. The molecule has 33 heavy (non-hydrogen) atoms. The highest BCUT2D eigenvalue weighted by Gasteiger charge is 2.30. The van der Waals surface area contributed by atoms with E-state index in [4.69, 9.17) is 14.5 Å². The summed E-state index contributed by atoms with van der Waals surface area (Å²) >= 11 is 0. The van der Waals surface area contributed by atoms with E-state index in [2.05, 4.69) is 5.32 Å². The monoisotopic (exact) mass is 443 g/mol. The summed E-state index contributed by atoms with van der Waals surface area (Å²) in [5.41, 5.74) is 3.65. The smallest absolute Gasteiger partial charge is 0.252 e. The van der Waals surface area contributed by atoms with Gasteiger partial charge in [-0.05, 0) is 25.1 Å². The molecule has 1 atom stereocenters.